The van der Waals surface area contributed by atoms with E-state index in [2.05, 4.69) is 26.0 Å². The first kappa shape index (κ1) is 27.1. The molecule has 0 aliphatic rings. The van der Waals surface area contributed by atoms with E-state index in [1.807, 2.05) is 30.3 Å². The molecule has 0 aliphatic carbocycles. The van der Waals surface area contributed by atoms with Crippen molar-refractivity contribution in [1.82, 2.24) is 9.66 Å². The van der Waals surface area contributed by atoms with Crippen LogP contribution in [0.1, 0.15) is 16.7 Å². The number of hydrogen-bond acceptors (Lipinski definition) is 5. The predicted octanol–water partition coefficient (Wildman–Crippen LogP) is 7.31. The minimum absolute atomic E-state index is 0.0419. The molecular formula is C30H21BrF3N3O3. The van der Waals surface area contributed by atoms with Crippen LogP contribution >= 0.6 is 15.9 Å². The number of para-hydroxylation sites is 1. The molecule has 0 radical (unpaired) electrons. The van der Waals surface area contributed by atoms with Gasteiger partial charge in [0.25, 0.3) is 5.56 Å². The zero-order valence-electron chi connectivity index (χ0n) is 21.0. The number of methoxy groups -OCH3 is 1. The summed E-state index contributed by atoms with van der Waals surface area (Å²) in [5.74, 6) is 0.759. The van der Waals surface area contributed by atoms with Crippen LogP contribution in [0.4, 0.5) is 13.2 Å². The molecule has 40 heavy (non-hydrogen) atoms. The van der Waals surface area contributed by atoms with Gasteiger partial charge >= 0.3 is 6.18 Å². The number of benzene rings is 4. The normalized spacial score (nSPS) is 11.7. The fourth-order valence-corrected chi connectivity index (χ4v) is 4.55. The highest BCUT2D eigenvalue weighted by molar-refractivity contribution is 9.10. The van der Waals surface area contributed by atoms with Gasteiger partial charge in [-0.3, -0.25) is 4.79 Å². The Balaban J connectivity index is 1.65. The van der Waals surface area contributed by atoms with Crippen molar-refractivity contribution >= 4 is 33.0 Å². The summed E-state index contributed by atoms with van der Waals surface area (Å²) in [5, 5.41) is 4.67. The fourth-order valence-electron chi connectivity index (χ4n) is 4.09. The van der Waals surface area contributed by atoms with Gasteiger partial charge < -0.3 is 9.47 Å². The topological polar surface area (TPSA) is 65.7 Å². The number of halogens is 4. The standard InChI is InChI=1S/C30H21BrF3N3O3/c1-39-26-16-23(31)15-21(27(26)40-18-19-8-3-2-4-9-19)17-35-37-28(20-10-7-11-22(14-20)30(32,33)34)36-25-13-6-5-12-24(25)29(37)38/h2-17H,18H2,1H3. The molecule has 202 valence electrons. The second kappa shape index (κ2) is 11.4. The molecule has 5 rings (SSSR count). The number of fused-ring (bicyclic) bond motifs is 1. The van der Waals surface area contributed by atoms with Gasteiger partial charge in [0.15, 0.2) is 17.3 Å². The molecule has 1 heterocycles. The Bertz CT molecular complexity index is 1770. The molecule has 0 saturated carbocycles. The SMILES string of the molecule is COc1cc(Br)cc(C=Nn2c(-c3cccc(C(F)(F)F)c3)nc3ccccc3c2=O)c1OCc1ccccc1. The summed E-state index contributed by atoms with van der Waals surface area (Å²) in [4.78, 5) is 18.0. The number of nitrogens with zero attached hydrogens (tertiary/aromatic N) is 3. The van der Waals surface area contributed by atoms with Crippen molar-refractivity contribution in [2.45, 2.75) is 12.8 Å². The Hall–Kier alpha value is -4.44. The van der Waals surface area contributed by atoms with Gasteiger partial charge in [0.1, 0.15) is 6.61 Å². The third kappa shape index (κ3) is 5.76. The number of hydrogen-bond donors (Lipinski definition) is 0. The van der Waals surface area contributed by atoms with Gasteiger partial charge in [-0.15, -0.1) is 0 Å². The molecule has 6 nitrogen and oxygen atoms in total. The number of aromatic nitrogens is 2. The molecule has 10 heteroatoms. The zero-order chi connectivity index (χ0) is 28.3. The van der Waals surface area contributed by atoms with Gasteiger partial charge in [-0.25, -0.2) is 4.98 Å². The first-order valence-electron chi connectivity index (χ1n) is 12.0. The van der Waals surface area contributed by atoms with E-state index < -0.39 is 17.3 Å². The van der Waals surface area contributed by atoms with E-state index in [1.165, 1.54) is 25.5 Å². The lowest BCUT2D eigenvalue weighted by atomic mass is 10.1. The molecule has 0 aliphatic heterocycles. The molecule has 0 atom stereocenters. The summed E-state index contributed by atoms with van der Waals surface area (Å²) < 4.78 is 53.7. The van der Waals surface area contributed by atoms with Gasteiger partial charge in [0, 0.05) is 15.6 Å². The monoisotopic (exact) mass is 607 g/mol. The number of alkyl halides is 3. The Morgan fingerprint density at radius 3 is 2.48 bits per heavy atom. The predicted molar refractivity (Wildman–Crippen MR) is 151 cm³/mol. The van der Waals surface area contributed by atoms with Crippen molar-refractivity contribution in [3.63, 3.8) is 0 Å². The minimum Gasteiger partial charge on any atom is -0.493 e. The molecule has 0 spiro atoms. The molecule has 5 aromatic rings. The largest absolute Gasteiger partial charge is 0.493 e. The molecule has 4 aromatic carbocycles. The summed E-state index contributed by atoms with van der Waals surface area (Å²) in [6.07, 6.45) is -3.18. The maximum atomic E-state index is 13.5. The number of rotatable bonds is 7. The smallest absolute Gasteiger partial charge is 0.416 e. The summed E-state index contributed by atoms with van der Waals surface area (Å²) in [6, 6.07) is 24.2. The van der Waals surface area contributed by atoms with Crippen LogP contribution < -0.4 is 15.0 Å². The zero-order valence-corrected chi connectivity index (χ0v) is 22.6. The second-order valence-electron chi connectivity index (χ2n) is 8.69. The van der Waals surface area contributed by atoms with Crippen molar-refractivity contribution in [2.24, 2.45) is 5.10 Å². The number of ether oxygens (including phenoxy) is 2. The summed E-state index contributed by atoms with van der Waals surface area (Å²) in [5.41, 5.74) is 0.415. The van der Waals surface area contributed by atoms with Crippen molar-refractivity contribution in [3.05, 3.63) is 123 Å². The van der Waals surface area contributed by atoms with Crippen molar-refractivity contribution in [1.29, 1.82) is 0 Å². The van der Waals surface area contributed by atoms with Gasteiger partial charge in [-0.2, -0.15) is 22.9 Å². The third-order valence-corrected chi connectivity index (χ3v) is 6.47. The van der Waals surface area contributed by atoms with Crippen molar-refractivity contribution in [3.8, 4) is 22.9 Å². The third-order valence-electron chi connectivity index (χ3n) is 6.01. The lowest BCUT2D eigenvalue weighted by Gasteiger charge is -2.15. The van der Waals surface area contributed by atoms with Crippen LogP contribution in [0.5, 0.6) is 11.5 Å². The van der Waals surface area contributed by atoms with Crippen LogP contribution in [0, 0.1) is 0 Å². The summed E-state index contributed by atoms with van der Waals surface area (Å²) in [6.45, 7) is 0.243. The molecule has 0 bridgehead atoms. The molecular weight excluding hydrogens is 587 g/mol. The fraction of sp³-hybridized carbons (Fsp3) is 0.100. The average Bonchev–Trinajstić information content (AvgIpc) is 2.96. The highest BCUT2D eigenvalue weighted by Crippen LogP contribution is 2.35. The molecule has 0 unspecified atom stereocenters. The maximum absolute atomic E-state index is 13.5. The lowest BCUT2D eigenvalue weighted by Crippen LogP contribution is -2.20. The van der Waals surface area contributed by atoms with Crippen LogP contribution in [-0.4, -0.2) is 23.0 Å². The second-order valence-corrected chi connectivity index (χ2v) is 9.61. The highest BCUT2D eigenvalue weighted by atomic mass is 79.9. The van der Waals surface area contributed by atoms with Crippen LogP contribution in [0.2, 0.25) is 0 Å². The van der Waals surface area contributed by atoms with Crippen LogP contribution in [0.3, 0.4) is 0 Å². The van der Waals surface area contributed by atoms with Gasteiger partial charge in [0.05, 0.1) is 29.8 Å². The Labute approximate surface area is 235 Å². The van der Waals surface area contributed by atoms with E-state index in [9.17, 15) is 18.0 Å². The minimum atomic E-state index is -4.57. The van der Waals surface area contributed by atoms with Crippen LogP contribution in [0.15, 0.2) is 105 Å². The Morgan fingerprint density at radius 1 is 0.975 bits per heavy atom. The van der Waals surface area contributed by atoms with Crippen molar-refractivity contribution in [2.75, 3.05) is 7.11 Å². The molecule has 0 fully saturated rings. The molecule has 0 saturated heterocycles. The van der Waals surface area contributed by atoms with E-state index in [0.29, 0.717) is 27.1 Å². The average molecular weight is 608 g/mol. The van der Waals surface area contributed by atoms with Crippen LogP contribution in [-0.2, 0) is 12.8 Å². The van der Waals surface area contributed by atoms with E-state index in [1.54, 1.807) is 36.4 Å². The van der Waals surface area contributed by atoms with E-state index >= 15 is 0 Å². The Morgan fingerprint density at radius 2 is 1.73 bits per heavy atom. The summed E-state index contributed by atoms with van der Waals surface area (Å²) in [7, 11) is 1.50. The highest BCUT2D eigenvalue weighted by Gasteiger charge is 2.31. The van der Waals surface area contributed by atoms with Gasteiger partial charge in [-0.05, 0) is 42.0 Å². The Kier molecular flexibility index (Phi) is 7.70. The van der Waals surface area contributed by atoms with Crippen LogP contribution in [0.25, 0.3) is 22.3 Å². The van der Waals surface area contributed by atoms with E-state index in [-0.39, 0.29) is 23.4 Å². The van der Waals surface area contributed by atoms with Crippen molar-refractivity contribution < 1.29 is 22.6 Å². The van der Waals surface area contributed by atoms with Gasteiger partial charge in [-0.1, -0.05) is 70.5 Å². The molecule has 1 aromatic heterocycles. The molecule has 0 amide bonds. The maximum Gasteiger partial charge on any atom is 0.416 e. The first-order valence-corrected chi connectivity index (χ1v) is 12.8. The quantitative estimate of drug-likeness (QED) is 0.182. The van der Waals surface area contributed by atoms with E-state index in [0.717, 1.165) is 22.4 Å². The lowest BCUT2D eigenvalue weighted by molar-refractivity contribution is -0.137. The summed E-state index contributed by atoms with van der Waals surface area (Å²) >= 11 is 3.45. The van der Waals surface area contributed by atoms with E-state index in [4.69, 9.17) is 9.47 Å². The first-order chi connectivity index (χ1) is 19.2. The molecule has 0 N–H and O–H groups in total. The van der Waals surface area contributed by atoms with Gasteiger partial charge in [0.2, 0.25) is 0 Å².